The summed E-state index contributed by atoms with van der Waals surface area (Å²) in [6.45, 7) is 0. The molecule has 2 heterocycles. The Morgan fingerprint density at radius 3 is 2.75 bits per heavy atom. The van der Waals surface area contributed by atoms with Crippen molar-refractivity contribution in [3.63, 3.8) is 0 Å². The summed E-state index contributed by atoms with van der Waals surface area (Å²) in [4.78, 5) is 30.6. The Balaban J connectivity index is 1.57. The molecule has 0 saturated heterocycles. The molecule has 6 nitrogen and oxygen atoms in total. The minimum Gasteiger partial charge on any atom is -0.391 e. The first kappa shape index (κ1) is 17.4. The number of nitrogens with one attached hydrogen (secondary N) is 1. The highest BCUT2D eigenvalue weighted by Gasteiger charge is 2.26. The van der Waals surface area contributed by atoms with Gasteiger partial charge < -0.3 is 10.4 Å². The summed E-state index contributed by atoms with van der Waals surface area (Å²) in [5.41, 5.74) is 2.33. The minimum absolute atomic E-state index is 0.158. The molecular formula is C22H23N3O3. The van der Waals surface area contributed by atoms with Crippen LogP contribution in [0.25, 0.3) is 16.6 Å². The van der Waals surface area contributed by atoms with Gasteiger partial charge >= 0.3 is 0 Å². The van der Waals surface area contributed by atoms with Crippen LogP contribution in [-0.2, 0) is 0 Å². The number of carbonyl (C=O) groups excluding carboxylic acids is 1. The Kier molecular flexibility index (Phi) is 4.16. The van der Waals surface area contributed by atoms with Crippen LogP contribution < -0.4 is 10.9 Å². The predicted octanol–water partition coefficient (Wildman–Crippen LogP) is 2.76. The highest BCUT2D eigenvalue weighted by Crippen LogP contribution is 2.40. The van der Waals surface area contributed by atoms with E-state index in [0.717, 1.165) is 19.3 Å². The number of fused-ring (bicyclic) bond motifs is 2. The van der Waals surface area contributed by atoms with Crippen LogP contribution in [0.4, 0.5) is 0 Å². The van der Waals surface area contributed by atoms with E-state index in [-0.39, 0.29) is 17.5 Å². The Morgan fingerprint density at radius 2 is 1.96 bits per heavy atom. The summed E-state index contributed by atoms with van der Waals surface area (Å²) < 4.78 is 1.45. The molecule has 0 bridgehead atoms. The van der Waals surface area contributed by atoms with Crippen molar-refractivity contribution in [2.45, 2.75) is 56.6 Å². The summed E-state index contributed by atoms with van der Waals surface area (Å²) in [5.74, 6) is 0.258. The lowest BCUT2D eigenvalue weighted by molar-refractivity contribution is 0.0718. The first-order chi connectivity index (χ1) is 13.6. The zero-order valence-corrected chi connectivity index (χ0v) is 15.6. The zero-order valence-electron chi connectivity index (χ0n) is 15.6. The molecule has 2 aromatic heterocycles. The molecule has 0 radical (unpaired) electrons. The van der Waals surface area contributed by atoms with Crippen LogP contribution in [0.5, 0.6) is 0 Å². The number of aliphatic hydroxyl groups is 1. The first-order valence-electron chi connectivity index (χ1n) is 10.1. The van der Waals surface area contributed by atoms with Crippen molar-refractivity contribution in [1.82, 2.24) is 14.7 Å². The molecule has 0 aliphatic heterocycles. The van der Waals surface area contributed by atoms with Crippen molar-refractivity contribution >= 4 is 22.5 Å². The summed E-state index contributed by atoms with van der Waals surface area (Å²) in [6.07, 6.45) is 6.90. The Labute approximate surface area is 162 Å². The number of rotatable bonds is 3. The van der Waals surface area contributed by atoms with E-state index in [4.69, 9.17) is 0 Å². The number of aliphatic hydroxyl groups excluding tert-OH is 1. The lowest BCUT2D eigenvalue weighted by Gasteiger charge is -2.28. The highest BCUT2D eigenvalue weighted by molar-refractivity contribution is 6.00. The van der Waals surface area contributed by atoms with Crippen molar-refractivity contribution in [1.29, 1.82) is 0 Å². The van der Waals surface area contributed by atoms with Crippen LogP contribution >= 0.6 is 0 Å². The molecule has 2 fully saturated rings. The molecule has 2 aliphatic rings. The van der Waals surface area contributed by atoms with Gasteiger partial charge in [0, 0.05) is 6.20 Å². The maximum atomic E-state index is 13.1. The van der Waals surface area contributed by atoms with Gasteiger partial charge in [-0.15, -0.1) is 0 Å². The van der Waals surface area contributed by atoms with Gasteiger partial charge in [-0.1, -0.05) is 18.9 Å². The third kappa shape index (κ3) is 2.98. The van der Waals surface area contributed by atoms with Crippen molar-refractivity contribution < 1.29 is 9.90 Å². The molecule has 28 heavy (non-hydrogen) atoms. The number of hydrogen-bond acceptors (Lipinski definition) is 4. The fraction of sp³-hybridized carbons (Fsp3) is 0.409. The fourth-order valence-corrected chi connectivity index (χ4v) is 4.22. The quantitative estimate of drug-likeness (QED) is 0.688. The Morgan fingerprint density at radius 1 is 1.14 bits per heavy atom. The van der Waals surface area contributed by atoms with Gasteiger partial charge in [-0.05, 0) is 61.4 Å². The van der Waals surface area contributed by atoms with Crippen molar-refractivity contribution in [2.75, 3.05) is 0 Å². The monoisotopic (exact) mass is 377 g/mol. The number of carbonyl (C=O) groups is 1. The molecule has 1 amide bonds. The number of benzene rings is 1. The van der Waals surface area contributed by atoms with Gasteiger partial charge in [0.05, 0.1) is 28.6 Å². The van der Waals surface area contributed by atoms with E-state index in [1.54, 1.807) is 18.3 Å². The summed E-state index contributed by atoms with van der Waals surface area (Å²) in [6, 6.07) is 8.97. The van der Waals surface area contributed by atoms with E-state index in [0.29, 0.717) is 34.5 Å². The Hall–Kier alpha value is -2.73. The van der Waals surface area contributed by atoms with E-state index in [1.807, 2.05) is 18.2 Å². The summed E-state index contributed by atoms with van der Waals surface area (Å²) in [5, 5.41) is 13.7. The van der Waals surface area contributed by atoms with E-state index >= 15 is 0 Å². The van der Waals surface area contributed by atoms with Crippen LogP contribution in [0.1, 0.15) is 60.4 Å². The van der Waals surface area contributed by atoms with Gasteiger partial charge in [-0.3, -0.25) is 14.0 Å². The normalized spacial score (nSPS) is 22.5. The minimum atomic E-state index is -0.523. The molecule has 1 aromatic carbocycles. The highest BCUT2D eigenvalue weighted by atomic mass is 16.3. The largest absolute Gasteiger partial charge is 0.391 e. The van der Waals surface area contributed by atoms with Crippen molar-refractivity contribution in [3.05, 3.63) is 58.0 Å². The van der Waals surface area contributed by atoms with Gasteiger partial charge in [0.25, 0.3) is 11.5 Å². The van der Waals surface area contributed by atoms with Crippen LogP contribution in [0.3, 0.4) is 0 Å². The molecule has 2 atom stereocenters. The lowest BCUT2D eigenvalue weighted by atomic mass is 9.92. The van der Waals surface area contributed by atoms with Crippen LogP contribution in [0.15, 0.2) is 41.3 Å². The number of amides is 1. The van der Waals surface area contributed by atoms with Gasteiger partial charge in [0.1, 0.15) is 0 Å². The maximum absolute atomic E-state index is 13.1. The standard InChI is InChI=1S/C22H23N3O3/c26-19-6-2-1-5-18(19)24-21(27)15-4-3-11-25-20(15)23-17-10-9-14(13-7-8-13)12-16(17)22(25)28/h3-4,9-13,18-19,26H,1-2,5-8H2,(H,24,27)/t18-,19+/m0/s1. The SMILES string of the molecule is O=C(N[C@H]1CCCC[C@H]1O)c1cccn2c(=O)c3cc(C4CC4)ccc3nc12. The predicted molar refractivity (Wildman–Crippen MR) is 107 cm³/mol. The van der Waals surface area contributed by atoms with E-state index in [1.165, 1.54) is 22.8 Å². The second-order valence-electron chi connectivity index (χ2n) is 8.02. The number of aromatic nitrogens is 2. The third-order valence-electron chi connectivity index (χ3n) is 6.00. The first-order valence-corrected chi connectivity index (χ1v) is 10.1. The zero-order chi connectivity index (χ0) is 19.3. The second-order valence-corrected chi connectivity index (χ2v) is 8.02. The summed E-state index contributed by atoms with van der Waals surface area (Å²) in [7, 11) is 0. The Bertz CT molecular complexity index is 1130. The van der Waals surface area contributed by atoms with Gasteiger partial charge in [-0.25, -0.2) is 4.98 Å². The van der Waals surface area contributed by atoms with Crippen LogP contribution in [-0.4, -0.2) is 32.5 Å². The molecule has 0 spiro atoms. The fourth-order valence-electron chi connectivity index (χ4n) is 4.22. The molecule has 6 heteroatoms. The van der Waals surface area contributed by atoms with E-state index < -0.39 is 6.10 Å². The van der Waals surface area contributed by atoms with Gasteiger partial charge in [0.2, 0.25) is 0 Å². The van der Waals surface area contributed by atoms with Crippen molar-refractivity contribution in [3.8, 4) is 0 Å². The van der Waals surface area contributed by atoms with Crippen LogP contribution in [0, 0.1) is 0 Å². The van der Waals surface area contributed by atoms with Gasteiger partial charge in [-0.2, -0.15) is 0 Å². The number of pyridine rings is 1. The topological polar surface area (TPSA) is 83.7 Å². The van der Waals surface area contributed by atoms with Gasteiger partial charge in [0.15, 0.2) is 5.65 Å². The molecule has 2 N–H and O–H groups in total. The molecule has 3 aromatic rings. The molecular weight excluding hydrogens is 354 g/mol. The maximum Gasteiger partial charge on any atom is 0.265 e. The lowest BCUT2D eigenvalue weighted by Crippen LogP contribution is -2.45. The third-order valence-corrected chi connectivity index (χ3v) is 6.00. The smallest absolute Gasteiger partial charge is 0.265 e. The van der Waals surface area contributed by atoms with Crippen molar-refractivity contribution in [2.24, 2.45) is 0 Å². The average molecular weight is 377 g/mol. The molecule has 0 unspecified atom stereocenters. The second kappa shape index (κ2) is 6.71. The average Bonchev–Trinajstić information content (AvgIpc) is 3.55. The van der Waals surface area contributed by atoms with E-state index in [2.05, 4.69) is 10.3 Å². The number of nitrogens with zero attached hydrogens (tertiary/aromatic N) is 2. The molecule has 144 valence electrons. The molecule has 5 rings (SSSR count). The number of hydrogen-bond donors (Lipinski definition) is 2. The molecule has 2 aliphatic carbocycles. The van der Waals surface area contributed by atoms with Crippen LogP contribution in [0.2, 0.25) is 0 Å². The summed E-state index contributed by atoms with van der Waals surface area (Å²) >= 11 is 0. The van der Waals surface area contributed by atoms with E-state index in [9.17, 15) is 14.7 Å². The molecule has 2 saturated carbocycles.